The molecular formula is C10H16N2O2. The minimum absolute atomic E-state index is 0.0402. The molecule has 0 aliphatic heterocycles. The lowest BCUT2D eigenvalue weighted by atomic mass is 10.2. The number of rotatable bonds is 4. The minimum Gasteiger partial charge on any atom is -0.465 e. The van der Waals surface area contributed by atoms with Gasteiger partial charge in [-0.05, 0) is 19.1 Å². The Balaban J connectivity index is 2.37. The molecule has 1 atom stereocenters. The van der Waals surface area contributed by atoms with Gasteiger partial charge < -0.3 is 15.5 Å². The van der Waals surface area contributed by atoms with Crippen molar-refractivity contribution in [3.05, 3.63) is 23.7 Å². The van der Waals surface area contributed by atoms with Crippen molar-refractivity contribution in [1.29, 1.82) is 0 Å². The number of aryl methyl sites for hydroxylation is 1. The van der Waals surface area contributed by atoms with Gasteiger partial charge in [0.05, 0.1) is 6.54 Å². The molecule has 0 aliphatic rings. The van der Waals surface area contributed by atoms with Gasteiger partial charge in [0.2, 0.25) is 5.91 Å². The van der Waals surface area contributed by atoms with E-state index in [9.17, 15) is 4.79 Å². The summed E-state index contributed by atoms with van der Waals surface area (Å²) >= 11 is 0. The van der Waals surface area contributed by atoms with Crippen molar-refractivity contribution in [3.63, 3.8) is 0 Å². The Morgan fingerprint density at radius 3 is 2.86 bits per heavy atom. The molecule has 0 radical (unpaired) electrons. The van der Waals surface area contributed by atoms with E-state index in [4.69, 9.17) is 10.2 Å². The van der Waals surface area contributed by atoms with E-state index < -0.39 is 0 Å². The Bertz CT molecular complexity index is 307. The summed E-state index contributed by atoms with van der Waals surface area (Å²) in [6.45, 7) is 4.45. The molecule has 1 aromatic rings. The largest absolute Gasteiger partial charge is 0.465 e. The highest BCUT2D eigenvalue weighted by atomic mass is 16.3. The SMILES string of the molecule is Cc1ccc(CNC(=O)C(C)CN)o1. The molecule has 1 rings (SSSR count). The highest BCUT2D eigenvalue weighted by molar-refractivity contribution is 5.78. The van der Waals surface area contributed by atoms with E-state index >= 15 is 0 Å². The van der Waals surface area contributed by atoms with Gasteiger partial charge in [-0.25, -0.2) is 0 Å². The van der Waals surface area contributed by atoms with Crippen molar-refractivity contribution in [1.82, 2.24) is 5.32 Å². The van der Waals surface area contributed by atoms with Gasteiger partial charge in [0.15, 0.2) is 0 Å². The van der Waals surface area contributed by atoms with Gasteiger partial charge in [-0.15, -0.1) is 0 Å². The fourth-order valence-corrected chi connectivity index (χ4v) is 1.04. The monoisotopic (exact) mass is 196 g/mol. The predicted octanol–water partition coefficient (Wildman–Crippen LogP) is 0.799. The molecule has 0 bridgehead atoms. The fraction of sp³-hybridized carbons (Fsp3) is 0.500. The average Bonchev–Trinajstić information content (AvgIpc) is 2.59. The van der Waals surface area contributed by atoms with E-state index in [0.717, 1.165) is 11.5 Å². The Labute approximate surface area is 83.5 Å². The second kappa shape index (κ2) is 4.81. The minimum atomic E-state index is -0.147. The quantitative estimate of drug-likeness (QED) is 0.748. The number of amides is 1. The van der Waals surface area contributed by atoms with E-state index in [0.29, 0.717) is 13.1 Å². The number of hydrogen-bond acceptors (Lipinski definition) is 3. The maximum Gasteiger partial charge on any atom is 0.224 e. The first-order chi connectivity index (χ1) is 6.63. The lowest BCUT2D eigenvalue weighted by Gasteiger charge is -2.08. The third kappa shape index (κ3) is 2.88. The molecule has 0 aromatic carbocycles. The van der Waals surface area contributed by atoms with E-state index in [2.05, 4.69) is 5.32 Å². The van der Waals surface area contributed by atoms with Crippen LogP contribution in [0.4, 0.5) is 0 Å². The standard InChI is InChI=1S/C10H16N2O2/c1-7(5-11)10(13)12-6-9-4-3-8(2)14-9/h3-4,7H,5-6,11H2,1-2H3,(H,12,13). The van der Waals surface area contributed by atoms with Crippen LogP contribution in [-0.2, 0) is 11.3 Å². The number of carbonyl (C=O) groups is 1. The smallest absolute Gasteiger partial charge is 0.224 e. The van der Waals surface area contributed by atoms with Gasteiger partial charge in [-0.1, -0.05) is 6.92 Å². The molecule has 1 unspecified atom stereocenters. The molecular weight excluding hydrogens is 180 g/mol. The maximum absolute atomic E-state index is 11.3. The molecule has 0 fully saturated rings. The molecule has 1 aromatic heterocycles. The summed E-state index contributed by atoms with van der Waals surface area (Å²) in [5.41, 5.74) is 5.36. The Kier molecular flexibility index (Phi) is 3.71. The highest BCUT2D eigenvalue weighted by Gasteiger charge is 2.10. The molecule has 4 nitrogen and oxygen atoms in total. The van der Waals surface area contributed by atoms with Gasteiger partial charge in [0.1, 0.15) is 11.5 Å². The van der Waals surface area contributed by atoms with Crippen LogP contribution in [0.3, 0.4) is 0 Å². The van der Waals surface area contributed by atoms with Gasteiger partial charge in [0, 0.05) is 12.5 Å². The zero-order chi connectivity index (χ0) is 10.6. The van der Waals surface area contributed by atoms with Crippen LogP contribution in [0.5, 0.6) is 0 Å². The zero-order valence-corrected chi connectivity index (χ0v) is 8.54. The van der Waals surface area contributed by atoms with E-state index in [1.54, 1.807) is 6.92 Å². The molecule has 14 heavy (non-hydrogen) atoms. The first kappa shape index (κ1) is 10.8. The molecule has 0 saturated heterocycles. The summed E-state index contributed by atoms with van der Waals surface area (Å²) in [7, 11) is 0. The molecule has 0 spiro atoms. The van der Waals surface area contributed by atoms with Crippen molar-refractivity contribution in [3.8, 4) is 0 Å². The summed E-state index contributed by atoms with van der Waals surface area (Å²) < 4.78 is 5.30. The van der Waals surface area contributed by atoms with Gasteiger partial charge in [-0.3, -0.25) is 4.79 Å². The van der Waals surface area contributed by atoms with Crippen LogP contribution < -0.4 is 11.1 Å². The predicted molar refractivity (Wildman–Crippen MR) is 53.5 cm³/mol. The van der Waals surface area contributed by atoms with Crippen LogP contribution in [0.25, 0.3) is 0 Å². The molecule has 1 amide bonds. The Hall–Kier alpha value is -1.29. The first-order valence-electron chi connectivity index (χ1n) is 4.66. The second-order valence-electron chi connectivity index (χ2n) is 3.37. The van der Waals surface area contributed by atoms with Crippen molar-refractivity contribution in [2.24, 2.45) is 11.7 Å². The molecule has 3 N–H and O–H groups in total. The van der Waals surface area contributed by atoms with Gasteiger partial charge in [0.25, 0.3) is 0 Å². The molecule has 0 saturated carbocycles. The van der Waals surface area contributed by atoms with Crippen LogP contribution in [0.2, 0.25) is 0 Å². The summed E-state index contributed by atoms with van der Waals surface area (Å²) in [6, 6.07) is 3.72. The van der Waals surface area contributed by atoms with Gasteiger partial charge in [-0.2, -0.15) is 0 Å². The molecule has 78 valence electrons. The Morgan fingerprint density at radius 2 is 2.36 bits per heavy atom. The van der Waals surface area contributed by atoms with E-state index in [-0.39, 0.29) is 11.8 Å². The third-order valence-corrected chi connectivity index (χ3v) is 2.03. The summed E-state index contributed by atoms with van der Waals surface area (Å²) in [5.74, 6) is 1.42. The van der Waals surface area contributed by atoms with Crippen molar-refractivity contribution >= 4 is 5.91 Å². The second-order valence-corrected chi connectivity index (χ2v) is 3.37. The lowest BCUT2D eigenvalue weighted by Crippen LogP contribution is -2.32. The van der Waals surface area contributed by atoms with Crippen LogP contribution in [-0.4, -0.2) is 12.5 Å². The topological polar surface area (TPSA) is 68.3 Å². The lowest BCUT2D eigenvalue weighted by molar-refractivity contribution is -0.124. The van der Waals surface area contributed by atoms with Crippen molar-refractivity contribution < 1.29 is 9.21 Å². The fourth-order valence-electron chi connectivity index (χ4n) is 1.04. The highest BCUT2D eigenvalue weighted by Crippen LogP contribution is 2.05. The number of carbonyl (C=O) groups excluding carboxylic acids is 1. The number of furan rings is 1. The van der Waals surface area contributed by atoms with Crippen molar-refractivity contribution in [2.45, 2.75) is 20.4 Å². The van der Waals surface area contributed by atoms with Crippen LogP contribution in [0.15, 0.2) is 16.5 Å². The zero-order valence-electron chi connectivity index (χ0n) is 8.54. The van der Waals surface area contributed by atoms with E-state index in [1.807, 2.05) is 19.1 Å². The first-order valence-corrected chi connectivity index (χ1v) is 4.66. The third-order valence-electron chi connectivity index (χ3n) is 2.03. The van der Waals surface area contributed by atoms with Crippen molar-refractivity contribution in [2.75, 3.05) is 6.54 Å². The summed E-state index contributed by atoms with van der Waals surface area (Å²) in [6.07, 6.45) is 0. The maximum atomic E-state index is 11.3. The van der Waals surface area contributed by atoms with Crippen LogP contribution >= 0.6 is 0 Å². The average molecular weight is 196 g/mol. The van der Waals surface area contributed by atoms with E-state index in [1.165, 1.54) is 0 Å². The number of nitrogens with one attached hydrogen (secondary N) is 1. The molecule has 1 heterocycles. The number of hydrogen-bond donors (Lipinski definition) is 2. The number of nitrogens with two attached hydrogens (primary N) is 1. The summed E-state index contributed by atoms with van der Waals surface area (Å²) in [4.78, 5) is 11.3. The normalized spacial score (nSPS) is 12.5. The molecule has 0 aliphatic carbocycles. The molecule has 4 heteroatoms. The summed E-state index contributed by atoms with van der Waals surface area (Å²) in [5, 5.41) is 2.75. The Morgan fingerprint density at radius 1 is 1.64 bits per heavy atom. The van der Waals surface area contributed by atoms with Crippen LogP contribution in [0.1, 0.15) is 18.4 Å². The van der Waals surface area contributed by atoms with Gasteiger partial charge >= 0.3 is 0 Å². The van der Waals surface area contributed by atoms with Crippen LogP contribution in [0, 0.1) is 12.8 Å².